The highest BCUT2D eigenvalue weighted by Gasteiger charge is 2.26. The van der Waals surface area contributed by atoms with Crippen molar-refractivity contribution in [1.82, 2.24) is 9.97 Å². The second-order valence-electron chi connectivity index (χ2n) is 8.04. The molecule has 2 saturated heterocycles. The molecule has 3 aromatic rings. The summed E-state index contributed by atoms with van der Waals surface area (Å²) < 4.78 is 11.7. The minimum atomic E-state index is 0.348. The van der Waals surface area contributed by atoms with Gasteiger partial charge >= 0.3 is 0 Å². The lowest BCUT2D eigenvalue weighted by molar-refractivity contribution is 0.0131. The SMILES string of the molecule is Cc1nc(N2CCC(OCC3CCOC3)CC2)c2c(-c3ccccc3)csc2n1. The van der Waals surface area contributed by atoms with Gasteiger partial charge in [0.25, 0.3) is 0 Å². The minimum absolute atomic E-state index is 0.348. The Morgan fingerprint density at radius 2 is 1.97 bits per heavy atom. The van der Waals surface area contributed by atoms with Gasteiger partial charge in [0.1, 0.15) is 16.5 Å². The smallest absolute Gasteiger partial charge is 0.141 e. The van der Waals surface area contributed by atoms with Gasteiger partial charge in [0.15, 0.2) is 0 Å². The number of piperidine rings is 1. The van der Waals surface area contributed by atoms with Crippen molar-refractivity contribution >= 4 is 27.4 Å². The maximum Gasteiger partial charge on any atom is 0.141 e. The molecule has 29 heavy (non-hydrogen) atoms. The molecule has 0 aliphatic carbocycles. The van der Waals surface area contributed by atoms with Crippen LogP contribution in [0.15, 0.2) is 35.7 Å². The average molecular weight is 410 g/mol. The van der Waals surface area contributed by atoms with Gasteiger partial charge in [-0.15, -0.1) is 11.3 Å². The van der Waals surface area contributed by atoms with Crippen molar-refractivity contribution in [3.8, 4) is 11.1 Å². The third-order valence-electron chi connectivity index (χ3n) is 5.94. The lowest BCUT2D eigenvalue weighted by atomic mass is 10.0. The van der Waals surface area contributed by atoms with Crippen LogP contribution >= 0.6 is 11.3 Å². The van der Waals surface area contributed by atoms with Gasteiger partial charge < -0.3 is 14.4 Å². The lowest BCUT2D eigenvalue weighted by Crippen LogP contribution is -2.38. The van der Waals surface area contributed by atoms with Gasteiger partial charge in [-0.3, -0.25) is 0 Å². The van der Waals surface area contributed by atoms with E-state index in [0.717, 1.165) is 68.6 Å². The Morgan fingerprint density at radius 1 is 1.14 bits per heavy atom. The standard InChI is InChI=1S/C23H27N3O2S/c1-16-24-22(21-20(15-29-23(21)25-16)18-5-3-2-4-6-18)26-10-7-19(8-11-26)28-14-17-9-12-27-13-17/h2-6,15,17,19H,7-14H2,1H3. The molecule has 152 valence electrons. The number of hydrogen-bond donors (Lipinski definition) is 0. The Bertz CT molecular complexity index is 961. The Labute approximate surface area is 175 Å². The summed E-state index contributed by atoms with van der Waals surface area (Å²) in [5.74, 6) is 2.50. The van der Waals surface area contributed by atoms with Crippen molar-refractivity contribution in [2.45, 2.75) is 32.3 Å². The van der Waals surface area contributed by atoms with Crippen molar-refractivity contribution in [2.75, 3.05) is 37.8 Å². The molecule has 5 nitrogen and oxygen atoms in total. The maximum absolute atomic E-state index is 6.20. The van der Waals surface area contributed by atoms with Crippen molar-refractivity contribution in [3.63, 3.8) is 0 Å². The van der Waals surface area contributed by atoms with E-state index in [1.165, 1.54) is 16.5 Å². The van der Waals surface area contributed by atoms with Gasteiger partial charge in [0.2, 0.25) is 0 Å². The van der Waals surface area contributed by atoms with E-state index < -0.39 is 0 Å². The molecular weight excluding hydrogens is 382 g/mol. The number of thiophene rings is 1. The summed E-state index contributed by atoms with van der Waals surface area (Å²) in [5.41, 5.74) is 2.46. The molecule has 1 aromatic carbocycles. The predicted octanol–water partition coefficient (Wildman–Crippen LogP) is 4.69. The molecule has 2 fully saturated rings. The van der Waals surface area contributed by atoms with Crippen LogP contribution in [0.1, 0.15) is 25.1 Å². The molecule has 0 saturated carbocycles. The highest BCUT2D eigenvalue weighted by atomic mass is 32.1. The van der Waals surface area contributed by atoms with E-state index in [0.29, 0.717) is 12.0 Å². The first-order valence-corrected chi connectivity index (χ1v) is 11.4. The van der Waals surface area contributed by atoms with Gasteiger partial charge in [0, 0.05) is 36.6 Å². The zero-order valence-corrected chi connectivity index (χ0v) is 17.7. The van der Waals surface area contributed by atoms with Crippen LogP contribution in [0.4, 0.5) is 5.82 Å². The first-order chi connectivity index (χ1) is 14.3. The molecule has 2 aliphatic heterocycles. The number of benzene rings is 1. The number of hydrogen-bond acceptors (Lipinski definition) is 6. The van der Waals surface area contributed by atoms with E-state index in [4.69, 9.17) is 19.4 Å². The third kappa shape index (κ3) is 4.02. The molecule has 4 heterocycles. The van der Waals surface area contributed by atoms with Crippen LogP contribution in [-0.4, -0.2) is 49.0 Å². The summed E-state index contributed by atoms with van der Waals surface area (Å²) >= 11 is 1.71. The molecule has 0 spiro atoms. The number of nitrogens with zero attached hydrogens (tertiary/aromatic N) is 3. The molecule has 6 heteroatoms. The number of aromatic nitrogens is 2. The third-order valence-corrected chi connectivity index (χ3v) is 6.82. The molecule has 2 aromatic heterocycles. The van der Waals surface area contributed by atoms with Crippen molar-refractivity contribution in [2.24, 2.45) is 5.92 Å². The highest BCUT2D eigenvalue weighted by Crippen LogP contribution is 2.39. The van der Waals surface area contributed by atoms with Crippen LogP contribution in [0.5, 0.6) is 0 Å². The number of ether oxygens (including phenoxy) is 2. The molecule has 0 amide bonds. The fourth-order valence-corrected chi connectivity index (χ4v) is 5.29. The predicted molar refractivity (Wildman–Crippen MR) is 118 cm³/mol. The molecule has 0 radical (unpaired) electrons. The molecule has 2 aliphatic rings. The normalized spacial score (nSPS) is 20.6. The van der Waals surface area contributed by atoms with E-state index in [2.05, 4.69) is 40.6 Å². The summed E-state index contributed by atoms with van der Waals surface area (Å²) in [5, 5.41) is 3.41. The fraction of sp³-hybridized carbons (Fsp3) is 0.478. The van der Waals surface area contributed by atoms with Gasteiger partial charge in [0.05, 0.1) is 24.7 Å². The van der Waals surface area contributed by atoms with Crippen molar-refractivity contribution < 1.29 is 9.47 Å². The first-order valence-electron chi connectivity index (χ1n) is 10.5. The number of rotatable bonds is 5. The van der Waals surface area contributed by atoms with Crippen LogP contribution in [0.3, 0.4) is 0 Å². The van der Waals surface area contributed by atoms with Crippen LogP contribution in [0, 0.1) is 12.8 Å². The number of anilines is 1. The lowest BCUT2D eigenvalue weighted by Gasteiger charge is -2.33. The van der Waals surface area contributed by atoms with Gasteiger partial charge in [-0.25, -0.2) is 9.97 Å². The van der Waals surface area contributed by atoms with Crippen LogP contribution < -0.4 is 4.90 Å². The van der Waals surface area contributed by atoms with E-state index in [1.54, 1.807) is 11.3 Å². The van der Waals surface area contributed by atoms with E-state index >= 15 is 0 Å². The first kappa shape index (κ1) is 19.0. The second kappa shape index (κ2) is 8.38. The zero-order valence-electron chi connectivity index (χ0n) is 16.8. The molecular formula is C23H27N3O2S. The second-order valence-corrected chi connectivity index (χ2v) is 8.90. The Morgan fingerprint density at radius 3 is 2.72 bits per heavy atom. The molecule has 0 N–H and O–H groups in total. The number of fused-ring (bicyclic) bond motifs is 1. The van der Waals surface area contributed by atoms with Crippen molar-refractivity contribution in [3.05, 3.63) is 41.5 Å². The Kier molecular flexibility index (Phi) is 5.48. The van der Waals surface area contributed by atoms with E-state index in [-0.39, 0.29) is 0 Å². The monoisotopic (exact) mass is 409 g/mol. The van der Waals surface area contributed by atoms with Crippen LogP contribution in [0.2, 0.25) is 0 Å². The zero-order chi connectivity index (χ0) is 19.6. The average Bonchev–Trinajstić information content (AvgIpc) is 3.42. The highest BCUT2D eigenvalue weighted by molar-refractivity contribution is 7.17. The molecule has 1 atom stereocenters. The quantitative estimate of drug-likeness (QED) is 0.612. The summed E-state index contributed by atoms with van der Waals surface area (Å²) in [6, 6.07) is 10.6. The fourth-order valence-electron chi connectivity index (χ4n) is 4.31. The summed E-state index contributed by atoms with van der Waals surface area (Å²) in [6.45, 7) is 6.52. The summed E-state index contributed by atoms with van der Waals surface area (Å²) in [6.07, 6.45) is 3.57. The Hall–Kier alpha value is -2.02. The largest absolute Gasteiger partial charge is 0.381 e. The minimum Gasteiger partial charge on any atom is -0.381 e. The topological polar surface area (TPSA) is 47.5 Å². The molecule has 1 unspecified atom stereocenters. The van der Waals surface area contributed by atoms with E-state index in [9.17, 15) is 0 Å². The van der Waals surface area contributed by atoms with Crippen LogP contribution in [0.25, 0.3) is 21.3 Å². The van der Waals surface area contributed by atoms with Gasteiger partial charge in [-0.05, 0) is 31.7 Å². The maximum atomic E-state index is 6.20. The van der Waals surface area contributed by atoms with Crippen LogP contribution in [-0.2, 0) is 9.47 Å². The van der Waals surface area contributed by atoms with Gasteiger partial charge in [-0.1, -0.05) is 30.3 Å². The summed E-state index contributed by atoms with van der Waals surface area (Å²) in [4.78, 5) is 13.1. The summed E-state index contributed by atoms with van der Waals surface area (Å²) in [7, 11) is 0. The van der Waals surface area contributed by atoms with E-state index in [1.807, 2.05) is 6.92 Å². The number of aryl methyl sites for hydroxylation is 1. The van der Waals surface area contributed by atoms with Crippen molar-refractivity contribution in [1.29, 1.82) is 0 Å². The Balaban J connectivity index is 1.35. The van der Waals surface area contributed by atoms with Gasteiger partial charge in [-0.2, -0.15) is 0 Å². The molecule has 0 bridgehead atoms. The molecule has 5 rings (SSSR count).